The molecule has 0 aliphatic rings. The van der Waals surface area contributed by atoms with Crippen molar-refractivity contribution in [2.75, 3.05) is 18.5 Å². The number of anilines is 1. The molecule has 0 amide bonds. The van der Waals surface area contributed by atoms with Crippen LogP contribution in [0.2, 0.25) is 0 Å². The van der Waals surface area contributed by atoms with Gasteiger partial charge in [0, 0.05) is 29.8 Å². The summed E-state index contributed by atoms with van der Waals surface area (Å²) in [5.74, 6) is 1.40. The minimum atomic E-state index is 0.551. The quantitative estimate of drug-likeness (QED) is 0.701. The van der Waals surface area contributed by atoms with E-state index in [0.29, 0.717) is 12.0 Å². The molecule has 1 aromatic rings. The van der Waals surface area contributed by atoms with Gasteiger partial charge in [0.25, 0.3) is 0 Å². The van der Waals surface area contributed by atoms with Gasteiger partial charge < -0.3 is 10.2 Å². The number of hydrogen-bond acceptors (Lipinski definition) is 2. The van der Waals surface area contributed by atoms with E-state index in [0.717, 1.165) is 23.5 Å². The van der Waals surface area contributed by atoms with Gasteiger partial charge in [-0.25, -0.2) is 0 Å². The lowest BCUT2D eigenvalue weighted by atomic mass is 10.0. The summed E-state index contributed by atoms with van der Waals surface area (Å²) in [6.07, 6.45) is 1.21. The maximum absolute atomic E-state index is 3.60. The van der Waals surface area contributed by atoms with Gasteiger partial charge in [0.1, 0.15) is 0 Å². The summed E-state index contributed by atoms with van der Waals surface area (Å²) in [7, 11) is 2.21. The van der Waals surface area contributed by atoms with E-state index in [4.69, 9.17) is 0 Å². The SMILES string of the molecule is CC(C)CNCc1cc(Br)ccc1N(C)C(C)CC(C)C. The second-order valence-electron chi connectivity index (χ2n) is 6.89. The van der Waals surface area contributed by atoms with E-state index in [1.54, 1.807) is 0 Å². The Morgan fingerprint density at radius 2 is 1.76 bits per heavy atom. The Bertz CT molecular complexity index is 429. The summed E-state index contributed by atoms with van der Waals surface area (Å²) in [5, 5.41) is 3.56. The maximum Gasteiger partial charge on any atom is 0.0412 e. The molecule has 1 atom stereocenters. The minimum Gasteiger partial charge on any atom is -0.372 e. The summed E-state index contributed by atoms with van der Waals surface area (Å²) >= 11 is 3.60. The van der Waals surface area contributed by atoms with Crippen LogP contribution in [0, 0.1) is 11.8 Å². The fourth-order valence-corrected chi connectivity index (χ4v) is 3.02. The van der Waals surface area contributed by atoms with Crippen LogP contribution < -0.4 is 10.2 Å². The number of hydrogen-bond donors (Lipinski definition) is 1. The van der Waals surface area contributed by atoms with Crippen molar-refractivity contribution in [1.82, 2.24) is 5.32 Å². The Kier molecular flexibility index (Phi) is 7.75. The van der Waals surface area contributed by atoms with Crippen molar-refractivity contribution in [2.24, 2.45) is 11.8 Å². The van der Waals surface area contributed by atoms with Crippen LogP contribution in [-0.2, 0) is 6.54 Å². The highest BCUT2D eigenvalue weighted by molar-refractivity contribution is 9.10. The molecule has 21 heavy (non-hydrogen) atoms. The fraction of sp³-hybridized carbons (Fsp3) is 0.667. The topological polar surface area (TPSA) is 15.3 Å². The molecule has 120 valence electrons. The molecular weight excluding hydrogens is 324 g/mol. The first-order chi connectivity index (χ1) is 9.81. The van der Waals surface area contributed by atoms with E-state index in [9.17, 15) is 0 Å². The molecule has 0 spiro atoms. The van der Waals surface area contributed by atoms with Gasteiger partial charge in [-0.15, -0.1) is 0 Å². The zero-order valence-corrected chi connectivity index (χ0v) is 16.0. The van der Waals surface area contributed by atoms with Crippen LogP contribution in [0.25, 0.3) is 0 Å². The van der Waals surface area contributed by atoms with Gasteiger partial charge in [-0.1, -0.05) is 43.6 Å². The average molecular weight is 355 g/mol. The lowest BCUT2D eigenvalue weighted by Crippen LogP contribution is -2.31. The maximum atomic E-state index is 3.60. The lowest BCUT2D eigenvalue weighted by molar-refractivity contribution is 0.502. The first kappa shape index (κ1) is 18.5. The van der Waals surface area contributed by atoms with Gasteiger partial charge in [0.2, 0.25) is 0 Å². The molecule has 0 aromatic heterocycles. The minimum absolute atomic E-state index is 0.551. The van der Waals surface area contributed by atoms with E-state index < -0.39 is 0 Å². The van der Waals surface area contributed by atoms with Crippen LogP contribution in [0.5, 0.6) is 0 Å². The summed E-state index contributed by atoms with van der Waals surface area (Å²) in [5.41, 5.74) is 2.70. The molecule has 0 aliphatic heterocycles. The van der Waals surface area contributed by atoms with E-state index >= 15 is 0 Å². The standard InChI is InChI=1S/C18H31BrN2/c1-13(2)9-15(5)21(6)18-8-7-17(19)10-16(18)12-20-11-14(3)4/h7-8,10,13-15,20H,9,11-12H2,1-6H3. The van der Waals surface area contributed by atoms with Gasteiger partial charge in [-0.05, 0) is 55.5 Å². The molecule has 0 aliphatic carbocycles. The highest BCUT2D eigenvalue weighted by atomic mass is 79.9. The largest absolute Gasteiger partial charge is 0.372 e. The summed E-state index contributed by atoms with van der Waals surface area (Å²) in [4.78, 5) is 2.42. The van der Waals surface area contributed by atoms with Gasteiger partial charge in [-0.3, -0.25) is 0 Å². The highest BCUT2D eigenvalue weighted by Crippen LogP contribution is 2.26. The number of halogens is 1. The molecule has 1 aromatic carbocycles. The van der Waals surface area contributed by atoms with E-state index in [2.05, 4.69) is 86.0 Å². The molecule has 0 saturated heterocycles. The van der Waals surface area contributed by atoms with Crippen molar-refractivity contribution in [3.8, 4) is 0 Å². The van der Waals surface area contributed by atoms with Crippen molar-refractivity contribution in [1.29, 1.82) is 0 Å². The Morgan fingerprint density at radius 3 is 2.33 bits per heavy atom. The van der Waals surface area contributed by atoms with Crippen LogP contribution >= 0.6 is 15.9 Å². The third-order valence-corrected chi connectivity index (χ3v) is 4.26. The summed E-state index contributed by atoms with van der Waals surface area (Å²) in [6, 6.07) is 7.16. The van der Waals surface area contributed by atoms with Crippen molar-refractivity contribution < 1.29 is 0 Å². The zero-order chi connectivity index (χ0) is 16.0. The van der Waals surface area contributed by atoms with Crippen LogP contribution in [0.15, 0.2) is 22.7 Å². The number of nitrogens with one attached hydrogen (secondary N) is 1. The van der Waals surface area contributed by atoms with Crippen molar-refractivity contribution in [2.45, 2.75) is 53.6 Å². The van der Waals surface area contributed by atoms with Crippen LogP contribution in [-0.4, -0.2) is 19.6 Å². The molecule has 0 saturated carbocycles. The third-order valence-electron chi connectivity index (χ3n) is 3.76. The second kappa shape index (κ2) is 8.79. The molecule has 0 bridgehead atoms. The Hall–Kier alpha value is -0.540. The molecule has 3 heteroatoms. The molecule has 1 rings (SSSR count). The van der Waals surface area contributed by atoms with E-state index in [1.165, 1.54) is 17.7 Å². The first-order valence-electron chi connectivity index (χ1n) is 8.03. The van der Waals surface area contributed by atoms with Crippen molar-refractivity contribution in [3.63, 3.8) is 0 Å². The fourth-order valence-electron chi connectivity index (χ4n) is 2.61. The van der Waals surface area contributed by atoms with Gasteiger partial charge in [0.05, 0.1) is 0 Å². The Morgan fingerprint density at radius 1 is 1.10 bits per heavy atom. The van der Waals surface area contributed by atoms with Gasteiger partial charge >= 0.3 is 0 Å². The summed E-state index contributed by atoms with van der Waals surface area (Å²) < 4.78 is 1.15. The first-order valence-corrected chi connectivity index (χ1v) is 8.82. The average Bonchev–Trinajstić information content (AvgIpc) is 2.37. The predicted molar refractivity (Wildman–Crippen MR) is 98.0 cm³/mol. The number of benzene rings is 1. The third kappa shape index (κ3) is 6.39. The molecule has 0 radical (unpaired) electrons. The van der Waals surface area contributed by atoms with Gasteiger partial charge in [0.15, 0.2) is 0 Å². The highest BCUT2D eigenvalue weighted by Gasteiger charge is 2.15. The summed E-state index contributed by atoms with van der Waals surface area (Å²) in [6.45, 7) is 13.3. The van der Waals surface area contributed by atoms with E-state index in [1.807, 2.05) is 0 Å². The van der Waals surface area contributed by atoms with Crippen LogP contribution in [0.1, 0.15) is 46.6 Å². The molecule has 1 unspecified atom stereocenters. The Balaban J connectivity index is 2.84. The smallest absolute Gasteiger partial charge is 0.0412 e. The zero-order valence-electron chi connectivity index (χ0n) is 14.4. The monoisotopic (exact) mass is 354 g/mol. The molecule has 0 fully saturated rings. The molecule has 2 nitrogen and oxygen atoms in total. The second-order valence-corrected chi connectivity index (χ2v) is 7.80. The van der Waals surface area contributed by atoms with E-state index in [-0.39, 0.29) is 0 Å². The van der Waals surface area contributed by atoms with Gasteiger partial charge in [-0.2, -0.15) is 0 Å². The van der Waals surface area contributed by atoms with Crippen molar-refractivity contribution in [3.05, 3.63) is 28.2 Å². The predicted octanol–water partition coefficient (Wildman–Crippen LogP) is 5.07. The molecule has 1 N–H and O–H groups in total. The van der Waals surface area contributed by atoms with Crippen molar-refractivity contribution >= 4 is 21.6 Å². The molecule has 0 heterocycles. The number of nitrogens with zero attached hydrogens (tertiary/aromatic N) is 1. The number of rotatable bonds is 8. The molecular formula is C18H31BrN2. The van der Waals surface area contributed by atoms with Crippen LogP contribution in [0.3, 0.4) is 0 Å². The lowest BCUT2D eigenvalue weighted by Gasteiger charge is -2.30. The Labute approximate surface area is 139 Å². The van der Waals surface area contributed by atoms with Crippen LogP contribution in [0.4, 0.5) is 5.69 Å². The normalized spacial score (nSPS) is 13.0.